The van der Waals surface area contributed by atoms with E-state index in [4.69, 9.17) is 17.3 Å². The van der Waals surface area contributed by atoms with Gasteiger partial charge in [-0.05, 0) is 90.3 Å². The third kappa shape index (κ3) is 9.98. The van der Waals surface area contributed by atoms with Crippen molar-refractivity contribution in [3.8, 4) is 11.1 Å². The molecule has 280 valence electrons. The van der Waals surface area contributed by atoms with Gasteiger partial charge in [-0.2, -0.15) is 0 Å². The predicted molar refractivity (Wildman–Crippen MR) is 217 cm³/mol. The summed E-state index contributed by atoms with van der Waals surface area (Å²) in [6.07, 6.45) is 0.597. The highest BCUT2D eigenvalue weighted by molar-refractivity contribution is 7.99. The van der Waals surface area contributed by atoms with E-state index < -0.39 is 31.4 Å². The van der Waals surface area contributed by atoms with Crippen molar-refractivity contribution in [2.24, 2.45) is 5.73 Å². The Balaban J connectivity index is 1.05. The number of carbonyl (C=O) groups excluding carboxylic acids is 1. The number of hydrogen-bond acceptors (Lipinski definition) is 10. The van der Waals surface area contributed by atoms with Crippen LogP contribution < -0.4 is 20.7 Å². The van der Waals surface area contributed by atoms with Gasteiger partial charge in [0, 0.05) is 77.4 Å². The molecule has 4 N–H and O–H groups in total. The van der Waals surface area contributed by atoms with Crippen molar-refractivity contribution < 1.29 is 18.1 Å². The predicted octanol–water partition coefficient (Wildman–Crippen LogP) is 7.28. The standard InChI is InChI=1S/C40H41ClN6O5S2/c41-32-14-10-29(11-15-32)37-9-5-4-6-31(37)27-45-22-24-46(25-23-45)35-17-12-30(13-18-35)40(48)44-54(51,52)39-19-16-33(26-38(39)47(49)50)43-34(20-21-42)28-53-36-7-2-1-3-8-36/h1-19,26,34,43H,20-25,27-28,42H2,(H,44,48)/t34-/m1/s1. The minimum atomic E-state index is -4.59. The van der Waals surface area contributed by atoms with Crippen LogP contribution in [0.5, 0.6) is 0 Å². The molecule has 0 aromatic heterocycles. The van der Waals surface area contributed by atoms with E-state index in [-0.39, 0.29) is 11.6 Å². The van der Waals surface area contributed by atoms with Crippen LogP contribution in [0, 0.1) is 10.1 Å². The summed E-state index contributed by atoms with van der Waals surface area (Å²) in [5, 5.41) is 16.0. The third-order valence-electron chi connectivity index (χ3n) is 9.19. The molecule has 0 aliphatic carbocycles. The molecule has 0 bridgehead atoms. The lowest BCUT2D eigenvalue weighted by atomic mass is 9.99. The number of carbonyl (C=O) groups is 1. The van der Waals surface area contributed by atoms with Gasteiger partial charge in [0.1, 0.15) is 0 Å². The fourth-order valence-corrected chi connectivity index (χ4v) is 8.61. The second-order valence-electron chi connectivity index (χ2n) is 12.9. The summed E-state index contributed by atoms with van der Waals surface area (Å²) in [5.74, 6) is -0.246. The molecule has 1 amide bonds. The Bertz CT molecular complexity index is 2170. The van der Waals surface area contributed by atoms with Gasteiger partial charge in [0.25, 0.3) is 21.6 Å². The van der Waals surface area contributed by atoms with Gasteiger partial charge in [0.2, 0.25) is 0 Å². The Labute approximate surface area is 324 Å². The van der Waals surface area contributed by atoms with E-state index in [0.717, 1.165) is 54.9 Å². The number of piperazine rings is 1. The summed E-state index contributed by atoms with van der Waals surface area (Å²) in [6.45, 7) is 4.42. The molecule has 5 aromatic carbocycles. The molecule has 1 heterocycles. The van der Waals surface area contributed by atoms with E-state index >= 15 is 0 Å². The van der Waals surface area contributed by atoms with Gasteiger partial charge in [-0.1, -0.05) is 66.2 Å². The van der Waals surface area contributed by atoms with Crippen molar-refractivity contribution in [1.29, 1.82) is 0 Å². The van der Waals surface area contributed by atoms with Crippen LogP contribution in [0.15, 0.2) is 131 Å². The smallest absolute Gasteiger partial charge is 0.291 e. The highest BCUT2D eigenvalue weighted by Gasteiger charge is 2.29. The summed E-state index contributed by atoms with van der Waals surface area (Å²) in [6, 6.07) is 36.3. The van der Waals surface area contributed by atoms with Gasteiger partial charge < -0.3 is 16.0 Å². The van der Waals surface area contributed by atoms with Gasteiger partial charge in [-0.15, -0.1) is 11.8 Å². The molecule has 5 aromatic rings. The average molecular weight is 785 g/mol. The number of nitrogens with zero attached hydrogens (tertiary/aromatic N) is 3. The fourth-order valence-electron chi connectivity index (χ4n) is 6.36. The number of benzene rings is 5. The molecule has 0 unspecified atom stereocenters. The number of hydrogen-bond donors (Lipinski definition) is 3. The van der Waals surface area contributed by atoms with Crippen molar-refractivity contribution in [2.75, 3.05) is 48.7 Å². The number of nitro groups is 1. The van der Waals surface area contributed by atoms with Crippen LogP contribution in [0.25, 0.3) is 11.1 Å². The highest BCUT2D eigenvalue weighted by atomic mass is 35.5. The third-order valence-corrected chi connectivity index (χ3v) is 12.0. The summed E-state index contributed by atoms with van der Waals surface area (Å²) < 4.78 is 28.7. The number of sulfonamides is 1. The number of halogens is 1. The van der Waals surface area contributed by atoms with Gasteiger partial charge in [0.05, 0.1) is 4.92 Å². The average Bonchev–Trinajstić information content (AvgIpc) is 3.18. The maximum atomic E-state index is 13.3. The summed E-state index contributed by atoms with van der Waals surface area (Å²) in [4.78, 5) is 29.5. The van der Waals surface area contributed by atoms with Crippen LogP contribution in [-0.4, -0.2) is 68.7 Å². The first-order chi connectivity index (χ1) is 26.1. The topological polar surface area (TPSA) is 151 Å². The summed E-state index contributed by atoms with van der Waals surface area (Å²) in [7, 11) is -4.59. The van der Waals surface area contributed by atoms with Crippen LogP contribution in [0.2, 0.25) is 5.02 Å². The van der Waals surface area contributed by atoms with E-state index in [9.17, 15) is 23.3 Å². The molecule has 1 atom stereocenters. The molecule has 14 heteroatoms. The van der Waals surface area contributed by atoms with Crippen LogP contribution in [-0.2, 0) is 16.6 Å². The maximum Gasteiger partial charge on any atom is 0.291 e. The van der Waals surface area contributed by atoms with Gasteiger partial charge in [-0.3, -0.25) is 19.8 Å². The second-order valence-corrected chi connectivity index (χ2v) is 16.1. The highest BCUT2D eigenvalue weighted by Crippen LogP contribution is 2.30. The molecule has 11 nitrogen and oxygen atoms in total. The van der Waals surface area contributed by atoms with Gasteiger partial charge in [0.15, 0.2) is 4.90 Å². The van der Waals surface area contributed by atoms with Crippen molar-refractivity contribution in [3.05, 3.63) is 148 Å². The van der Waals surface area contributed by atoms with Crippen molar-refractivity contribution >= 4 is 56.4 Å². The number of nitrogens with two attached hydrogens (primary N) is 1. The molecule has 0 spiro atoms. The molecule has 1 fully saturated rings. The molecular weight excluding hydrogens is 744 g/mol. The van der Waals surface area contributed by atoms with E-state index in [1.807, 2.05) is 65.4 Å². The van der Waals surface area contributed by atoms with E-state index in [0.29, 0.717) is 29.4 Å². The molecule has 1 saturated heterocycles. The minimum absolute atomic E-state index is 0.112. The first-order valence-corrected chi connectivity index (χ1v) is 20.4. The second kappa shape index (κ2) is 17.9. The Morgan fingerprint density at radius 2 is 1.57 bits per heavy atom. The van der Waals surface area contributed by atoms with Crippen LogP contribution in [0.3, 0.4) is 0 Å². The summed E-state index contributed by atoms with van der Waals surface area (Å²) in [5.41, 5.74) is 10.1. The number of nitro benzene ring substituents is 1. The van der Waals surface area contributed by atoms with Crippen LogP contribution in [0.4, 0.5) is 17.1 Å². The lowest BCUT2D eigenvalue weighted by molar-refractivity contribution is -0.387. The lowest BCUT2D eigenvalue weighted by Crippen LogP contribution is -2.46. The molecule has 1 aliphatic heterocycles. The molecule has 54 heavy (non-hydrogen) atoms. The minimum Gasteiger partial charge on any atom is -0.381 e. The molecule has 1 aliphatic rings. The molecular formula is C40H41ClN6O5S2. The molecule has 0 saturated carbocycles. The SMILES string of the molecule is NCC[C@H](CSc1ccccc1)Nc1ccc(S(=O)(=O)NC(=O)c2ccc(N3CCN(Cc4ccccc4-c4ccc(Cl)cc4)CC3)cc2)c([N+](=O)[O-])c1. The number of anilines is 2. The van der Waals surface area contributed by atoms with E-state index in [1.54, 1.807) is 36.0 Å². The normalized spacial score (nSPS) is 14.0. The fraction of sp³-hybridized carbons (Fsp3) is 0.225. The van der Waals surface area contributed by atoms with E-state index in [1.165, 1.54) is 23.3 Å². The first-order valence-electron chi connectivity index (χ1n) is 17.5. The van der Waals surface area contributed by atoms with Crippen LogP contribution >= 0.6 is 23.4 Å². The first kappa shape index (κ1) is 38.8. The zero-order chi connectivity index (χ0) is 38.1. The zero-order valence-electron chi connectivity index (χ0n) is 29.4. The monoisotopic (exact) mass is 784 g/mol. The number of rotatable bonds is 15. The Morgan fingerprint density at radius 1 is 0.889 bits per heavy atom. The van der Waals surface area contributed by atoms with Crippen molar-refractivity contribution in [3.63, 3.8) is 0 Å². The van der Waals surface area contributed by atoms with Crippen molar-refractivity contribution in [1.82, 2.24) is 9.62 Å². The quantitative estimate of drug-likeness (QED) is 0.0562. The van der Waals surface area contributed by atoms with Crippen molar-refractivity contribution in [2.45, 2.75) is 28.8 Å². The Hall–Kier alpha value is -4.92. The van der Waals surface area contributed by atoms with E-state index in [2.05, 4.69) is 33.3 Å². The van der Waals surface area contributed by atoms with Gasteiger partial charge in [-0.25, -0.2) is 13.1 Å². The maximum absolute atomic E-state index is 13.3. The van der Waals surface area contributed by atoms with Gasteiger partial charge >= 0.3 is 0 Å². The Kier molecular flexibility index (Phi) is 12.9. The Morgan fingerprint density at radius 3 is 2.26 bits per heavy atom. The lowest BCUT2D eigenvalue weighted by Gasteiger charge is -2.36. The number of thioether (sulfide) groups is 1. The molecule has 0 radical (unpaired) electrons. The number of amides is 1. The number of nitrogens with one attached hydrogen (secondary N) is 2. The zero-order valence-corrected chi connectivity index (χ0v) is 31.8. The summed E-state index contributed by atoms with van der Waals surface area (Å²) >= 11 is 7.72. The van der Waals surface area contributed by atoms with Crippen LogP contribution in [0.1, 0.15) is 22.3 Å². The largest absolute Gasteiger partial charge is 0.381 e. The molecule has 6 rings (SSSR count).